The number of aliphatic hydroxyl groups is 1. The van der Waals surface area contributed by atoms with Gasteiger partial charge in [-0.2, -0.15) is 0 Å². The highest BCUT2D eigenvalue weighted by Gasteiger charge is 2.23. The van der Waals surface area contributed by atoms with Crippen molar-refractivity contribution < 1.29 is 13.9 Å². The van der Waals surface area contributed by atoms with E-state index in [1.165, 1.54) is 12.3 Å². The molecule has 2 N–H and O–H groups in total. The molecule has 2 heterocycles. The second-order valence-corrected chi connectivity index (χ2v) is 6.00. The minimum Gasteiger partial charge on any atom is -0.445 e. The van der Waals surface area contributed by atoms with Gasteiger partial charge in [0.05, 0.1) is 5.69 Å². The molecule has 0 amide bonds. The van der Waals surface area contributed by atoms with Crippen LogP contribution in [0, 0.1) is 5.82 Å². The van der Waals surface area contributed by atoms with Gasteiger partial charge < -0.3 is 19.7 Å². The van der Waals surface area contributed by atoms with E-state index in [9.17, 15) is 9.50 Å². The molecule has 3 rings (SSSR count). The molecule has 0 saturated carbocycles. The Morgan fingerprint density at radius 3 is 2.68 bits per heavy atom. The quantitative estimate of drug-likeness (QED) is 0.909. The van der Waals surface area contributed by atoms with E-state index in [2.05, 4.69) is 10.3 Å². The van der Waals surface area contributed by atoms with Gasteiger partial charge in [0.25, 0.3) is 0 Å². The van der Waals surface area contributed by atoms with Crippen LogP contribution in [0.25, 0.3) is 11.3 Å². The lowest BCUT2D eigenvalue weighted by Gasteiger charge is -2.29. The molecular formula is C16H20FN3O2. The molecule has 1 aliphatic heterocycles. The third kappa shape index (κ3) is 2.98. The zero-order valence-electron chi connectivity index (χ0n) is 12.8. The van der Waals surface area contributed by atoms with Gasteiger partial charge in [-0.05, 0) is 32.0 Å². The van der Waals surface area contributed by atoms with Crippen molar-refractivity contribution in [3.8, 4) is 11.3 Å². The second-order valence-electron chi connectivity index (χ2n) is 6.00. The lowest BCUT2D eigenvalue weighted by molar-refractivity contribution is 0.0483. The monoisotopic (exact) mass is 305 g/mol. The average molecular weight is 305 g/mol. The Morgan fingerprint density at radius 1 is 1.32 bits per heavy atom. The molecule has 1 aromatic carbocycles. The molecule has 0 bridgehead atoms. The molecule has 6 heteroatoms. The van der Waals surface area contributed by atoms with E-state index in [0.29, 0.717) is 11.4 Å². The van der Waals surface area contributed by atoms with E-state index < -0.39 is 5.60 Å². The fourth-order valence-electron chi connectivity index (χ4n) is 2.51. The molecular weight excluding hydrogens is 285 g/mol. The smallest absolute Gasteiger partial charge is 0.226 e. The van der Waals surface area contributed by atoms with E-state index in [0.717, 1.165) is 31.7 Å². The zero-order chi connectivity index (χ0) is 15.7. The summed E-state index contributed by atoms with van der Waals surface area (Å²) >= 11 is 0. The summed E-state index contributed by atoms with van der Waals surface area (Å²) in [6.45, 7) is 6.45. The normalized spacial score (nSPS) is 16.1. The standard InChI is InChI=1S/C16H20FN3O2/c1-16(2,21)15-19-13(10-22-15)11-3-4-12(17)14(9-11)20-7-5-18-6-8-20/h3-4,9-10,18,21H,5-8H2,1-2H3. The van der Waals surface area contributed by atoms with Crippen LogP contribution in [0.5, 0.6) is 0 Å². The fourth-order valence-corrected chi connectivity index (χ4v) is 2.51. The summed E-state index contributed by atoms with van der Waals surface area (Å²) < 4.78 is 19.4. The number of hydrogen-bond acceptors (Lipinski definition) is 5. The third-order valence-corrected chi connectivity index (χ3v) is 3.73. The summed E-state index contributed by atoms with van der Waals surface area (Å²) in [6, 6.07) is 4.91. The highest BCUT2D eigenvalue weighted by atomic mass is 19.1. The van der Waals surface area contributed by atoms with Gasteiger partial charge in [0.2, 0.25) is 5.89 Å². The van der Waals surface area contributed by atoms with E-state index in [-0.39, 0.29) is 11.7 Å². The van der Waals surface area contributed by atoms with Gasteiger partial charge in [-0.25, -0.2) is 9.37 Å². The van der Waals surface area contributed by atoms with Crippen LogP contribution in [0.4, 0.5) is 10.1 Å². The van der Waals surface area contributed by atoms with E-state index in [1.54, 1.807) is 26.0 Å². The SMILES string of the molecule is CC(C)(O)c1nc(-c2ccc(F)c(N3CCNCC3)c2)co1. The predicted octanol–water partition coefficient (Wildman–Crippen LogP) is 2.12. The zero-order valence-corrected chi connectivity index (χ0v) is 12.8. The van der Waals surface area contributed by atoms with Gasteiger partial charge >= 0.3 is 0 Å². The van der Waals surface area contributed by atoms with Crippen LogP contribution in [0.2, 0.25) is 0 Å². The first-order valence-electron chi connectivity index (χ1n) is 7.39. The highest BCUT2D eigenvalue weighted by molar-refractivity contribution is 5.65. The molecule has 0 radical (unpaired) electrons. The Hall–Kier alpha value is -1.92. The van der Waals surface area contributed by atoms with Crippen molar-refractivity contribution in [1.82, 2.24) is 10.3 Å². The van der Waals surface area contributed by atoms with Crippen LogP contribution >= 0.6 is 0 Å². The summed E-state index contributed by atoms with van der Waals surface area (Å²) in [4.78, 5) is 6.32. The van der Waals surface area contributed by atoms with E-state index in [1.807, 2.05) is 4.90 Å². The summed E-state index contributed by atoms with van der Waals surface area (Å²) in [5.41, 5.74) is 0.800. The van der Waals surface area contributed by atoms with Gasteiger partial charge in [0.15, 0.2) is 0 Å². The molecule has 1 fully saturated rings. The number of aromatic nitrogens is 1. The number of nitrogens with one attached hydrogen (secondary N) is 1. The number of halogens is 1. The van der Waals surface area contributed by atoms with Crippen molar-refractivity contribution in [3.05, 3.63) is 36.2 Å². The maximum absolute atomic E-state index is 14.1. The van der Waals surface area contributed by atoms with Crippen LogP contribution in [0.3, 0.4) is 0 Å². The Morgan fingerprint density at radius 2 is 2.05 bits per heavy atom. The number of anilines is 1. The largest absolute Gasteiger partial charge is 0.445 e. The lowest BCUT2D eigenvalue weighted by Crippen LogP contribution is -2.43. The van der Waals surface area contributed by atoms with Crippen molar-refractivity contribution in [2.45, 2.75) is 19.4 Å². The lowest BCUT2D eigenvalue weighted by atomic mass is 10.1. The van der Waals surface area contributed by atoms with Crippen molar-refractivity contribution in [2.75, 3.05) is 31.1 Å². The van der Waals surface area contributed by atoms with Crippen LogP contribution in [-0.4, -0.2) is 36.3 Å². The fraction of sp³-hybridized carbons (Fsp3) is 0.438. The number of nitrogens with zero attached hydrogens (tertiary/aromatic N) is 2. The van der Waals surface area contributed by atoms with Gasteiger partial charge in [-0.1, -0.05) is 0 Å². The summed E-state index contributed by atoms with van der Waals surface area (Å²) in [5.74, 6) is 0.00686. The molecule has 1 aromatic heterocycles. The number of benzene rings is 1. The van der Waals surface area contributed by atoms with E-state index >= 15 is 0 Å². The molecule has 0 aliphatic carbocycles. The summed E-state index contributed by atoms with van der Waals surface area (Å²) in [7, 11) is 0. The van der Waals surface area contributed by atoms with Crippen molar-refractivity contribution >= 4 is 5.69 Å². The van der Waals surface area contributed by atoms with Crippen LogP contribution in [-0.2, 0) is 5.60 Å². The van der Waals surface area contributed by atoms with Crippen LogP contribution in [0.1, 0.15) is 19.7 Å². The second kappa shape index (κ2) is 5.70. The van der Waals surface area contributed by atoms with Crippen LogP contribution in [0.15, 0.2) is 28.9 Å². The number of oxazole rings is 1. The molecule has 1 saturated heterocycles. The third-order valence-electron chi connectivity index (χ3n) is 3.73. The van der Waals surface area contributed by atoms with Crippen molar-refractivity contribution in [2.24, 2.45) is 0 Å². The van der Waals surface area contributed by atoms with Crippen LogP contribution < -0.4 is 10.2 Å². The van der Waals surface area contributed by atoms with Gasteiger partial charge in [0.1, 0.15) is 23.4 Å². The van der Waals surface area contributed by atoms with E-state index in [4.69, 9.17) is 4.42 Å². The summed E-state index contributed by atoms with van der Waals surface area (Å²) in [6.07, 6.45) is 1.49. The topological polar surface area (TPSA) is 61.5 Å². The van der Waals surface area contributed by atoms with Gasteiger partial charge in [-0.3, -0.25) is 0 Å². The molecule has 0 atom stereocenters. The molecule has 1 aliphatic rings. The highest BCUT2D eigenvalue weighted by Crippen LogP contribution is 2.29. The number of rotatable bonds is 3. The maximum Gasteiger partial charge on any atom is 0.226 e. The minimum absolute atomic E-state index is 0.239. The Bertz CT molecular complexity index is 658. The summed E-state index contributed by atoms with van der Waals surface area (Å²) in [5, 5.41) is 13.2. The van der Waals surface area contributed by atoms with Crippen molar-refractivity contribution in [3.63, 3.8) is 0 Å². The first-order valence-corrected chi connectivity index (χ1v) is 7.39. The van der Waals surface area contributed by atoms with Gasteiger partial charge in [0, 0.05) is 31.7 Å². The minimum atomic E-state index is -1.14. The van der Waals surface area contributed by atoms with Gasteiger partial charge in [-0.15, -0.1) is 0 Å². The Kier molecular flexibility index (Phi) is 3.88. The van der Waals surface area contributed by atoms with Crippen molar-refractivity contribution in [1.29, 1.82) is 0 Å². The first-order chi connectivity index (χ1) is 10.4. The average Bonchev–Trinajstić information content (AvgIpc) is 2.99. The number of piperazine rings is 1. The molecule has 5 nitrogen and oxygen atoms in total. The Labute approximate surface area is 128 Å². The maximum atomic E-state index is 14.1. The molecule has 118 valence electrons. The molecule has 0 spiro atoms. The molecule has 22 heavy (non-hydrogen) atoms. The molecule has 2 aromatic rings. The predicted molar refractivity (Wildman–Crippen MR) is 82.2 cm³/mol. The number of hydrogen-bond donors (Lipinski definition) is 2. The molecule has 0 unspecified atom stereocenters. The first kappa shape index (κ1) is 15.0. The Balaban J connectivity index is 1.93.